The van der Waals surface area contributed by atoms with Crippen LogP contribution < -0.4 is 5.32 Å². The van der Waals surface area contributed by atoms with Gasteiger partial charge in [0.25, 0.3) is 5.91 Å². The van der Waals surface area contributed by atoms with E-state index in [0.717, 1.165) is 5.39 Å². The van der Waals surface area contributed by atoms with Gasteiger partial charge < -0.3 is 10.4 Å². The van der Waals surface area contributed by atoms with Crippen molar-refractivity contribution >= 4 is 34.4 Å². The van der Waals surface area contributed by atoms with Gasteiger partial charge in [-0.3, -0.25) is 9.59 Å². The molecule has 2 aromatic rings. The Morgan fingerprint density at radius 3 is 2.74 bits per heavy atom. The fraction of sp³-hybridized carbons (Fsp3) is 0.154. The van der Waals surface area contributed by atoms with E-state index in [-0.39, 0.29) is 5.69 Å². The third kappa shape index (κ3) is 2.82. The molecule has 2 rings (SSSR count). The lowest BCUT2D eigenvalue weighted by atomic mass is 10.2. The Morgan fingerprint density at radius 2 is 2.05 bits per heavy atom. The summed E-state index contributed by atoms with van der Waals surface area (Å²) in [5, 5.41) is 12.2. The number of pyridine rings is 1. The summed E-state index contributed by atoms with van der Waals surface area (Å²) in [6, 6.07) is 7.58. The zero-order chi connectivity index (χ0) is 14.0. The Kier molecular flexibility index (Phi) is 3.66. The highest BCUT2D eigenvalue weighted by atomic mass is 35.5. The van der Waals surface area contributed by atoms with Gasteiger partial charge in [-0.2, -0.15) is 0 Å². The first-order chi connectivity index (χ1) is 8.99. The van der Waals surface area contributed by atoms with E-state index >= 15 is 0 Å². The number of benzene rings is 1. The van der Waals surface area contributed by atoms with Crippen molar-refractivity contribution in [3.8, 4) is 0 Å². The SMILES string of the molecule is CC(NC(=O)c1cc(Cl)c2ccccc2n1)C(=O)O. The highest BCUT2D eigenvalue weighted by Crippen LogP contribution is 2.22. The van der Waals surface area contributed by atoms with Crippen LogP contribution in [0.1, 0.15) is 17.4 Å². The average molecular weight is 279 g/mol. The van der Waals surface area contributed by atoms with E-state index in [9.17, 15) is 9.59 Å². The predicted octanol–water partition coefficient (Wildman–Crippen LogP) is 2.09. The van der Waals surface area contributed by atoms with Crippen molar-refractivity contribution in [3.05, 3.63) is 41.0 Å². The minimum absolute atomic E-state index is 0.0943. The van der Waals surface area contributed by atoms with Gasteiger partial charge in [-0.15, -0.1) is 0 Å². The van der Waals surface area contributed by atoms with E-state index in [1.165, 1.54) is 13.0 Å². The Balaban J connectivity index is 2.35. The molecule has 0 saturated heterocycles. The first-order valence-corrected chi connectivity index (χ1v) is 5.96. The number of carboxylic acids is 1. The van der Waals surface area contributed by atoms with Crippen molar-refractivity contribution in [2.24, 2.45) is 0 Å². The number of para-hydroxylation sites is 1. The first kappa shape index (κ1) is 13.3. The molecule has 19 heavy (non-hydrogen) atoms. The van der Waals surface area contributed by atoms with Crippen LogP contribution >= 0.6 is 11.6 Å². The Hall–Kier alpha value is -2.14. The second kappa shape index (κ2) is 5.24. The summed E-state index contributed by atoms with van der Waals surface area (Å²) < 4.78 is 0. The maximum atomic E-state index is 11.9. The van der Waals surface area contributed by atoms with Gasteiger partial charge in [0.15, 0.2) is 0 Å². The van der Waals surface area contributed by atoms with E-state index in [1.807, 2.05) is 6.07 Å². The Labute approximate surface area is 114 Å². The number of carbonyl (C=O) groups excluding carboxylic acids is 1. The summed E-state index contributed by atoms with van der Waals surface area (Å²) in [5.74, 6) is -1.68. The first-order valence-electron chi connectivity index (χ1n) is 5.58. The molecular weight excluding hydrogens is 268 g/mol. The fourth-order valence-corrected chi connectivity index (χ4v) is 1.84. The van der Waals surface area contributed by atoms with Gasteiger partial charge in [-0.1, -0.05) is 29.8 Å². The second-order valence-corrected chi connectivity index (χ2v) is 4.45. The van der Waals surface area contributed by atoms with Gasteiger partial charge in [0.2, 0.25) is 0 Å². The van der Waals surface area contributed by atoms with Gasteiger partial charge in [-0.25, -0.2) is 4.98 Å². The molecule has 0 radical (unpaired) electrons. The zero-order valence-electron chi connectivity index (χ0n) is 10.1. The number of aliphatic carboxylic acids is 1. The summed E-state index contributed by atoms with van der Waals surface area (Å²) in [6.07, 6.45) is 0. The molecule has 0 bridgehead atoms. The molecule has 1 aromatic carbocycles. The van der Waals surface area contributed by atoms with Crippen LogP contribution in [0.2, 0.25) is 5.02 Å². The van der Waals surface area contributed by atoms with Crippen LogP contribution in [-0.4, -0.2) is 28.0 Å². The lowest BCUT2D eigenvalue weighted by Crippen LogP contribution is -2.38. The van der Waals surface area contributed by atoms with Crippen LogP contribution in [0.4, 0.5) is 0 Å². The number of hydrogen-bond acceptors (Lipinski definition) is 3. The van der Waals surface area contributed by atoms with Crippen LogP contribution in [-0.2, 0) is 4.79 Å². The van der Waals surface area contributed by atoms with Crippen molar-refractivity contribution in [2.45, 2.75) is 13.0 Å². The second-order valence-electron chi connectivity index (χ2n) is 4.04. The molecule has 1 unspecified atom stereocenters. The van der Waals surface area contributed by atoms with Gasteiger partial charge in [0.05, 0.1) is 10.5 Å². The van der Waals surface area contributed by atoms with Crippen molar-refractivity contribution in [2.75, 3.05) is 0 Å². The van der Waals surface area contributed by atoms with Crippen molar-refractivity contribution in [3.63, 3.8) is 0 Å². The summed E-state index contributed by atoms with van der Waals surface area (Å²) in [5.41, 5.74) is 0.680. The predicted molar refractivity (Wildman–Crippen MR) is 71.3 cm³/mol. The lowest BCUT2D eigenvalue weighted by molar-refractivity contribution is -0.138. The Morgan fingerprint density at radius 1 is 1.37 bits per heavy atom. The third-order valence-electron chi connectivity index (χ3n) is 2.62. The molecule has 2 N–H and O–H groups in total. The molecular formula is C13H11ClN2O3. The number of rotatable bonds is 3. The highest BCUT2D eigenvalue weighted by molar-refractivity contribution is 6.35. The molecule has 1 heterocycles. The molecule has 98 valence electrons. The summed E-state index contributed by atoms with van der Waals surface area (Å²) in [7, 11) is 0. The number of fused-ring (bicyclic) bond motifs is 1. The van der Waals surface area contributed by atoms with E-state index in [0.29, 0.717) is 10.5 Å². The number of nitrogens with one attached hydrogen (secondary N) is 1. The lowest BCUT2D eigenvalue weighted by Gasteiger charge is -2.09. The fourth-order valence-electron chi connectivity index (χ4n) is 1.58. The maximum absolute atomic E-state index is 11.9. The molecule has 0 spiro atoms. The topological polar surface area (TPSA) is 79.3 Å². The standard InChI is InChI=1S/C13H11ClN2O3/c1-7(13(18)19)15-12(17)11-6-9(14)8-4-2-3-5-10(8)16-11/h2-7H,1H3,(H,15,17)(H,18,19). The highest BCUT2D eigenvalue weighted by Gasteiger charge is 2.17. The summed E-state index contributed by atoms with van der Waals surface area (Å²) >= 11 is 6.07. The zero-order valence-corrected chi connectivity index (χ0v) is 10.8. The van der Waals surface area contributed by atoms with Gasteiger partial charge in [-0.05, 0) is 19.1 Å². The quantitative estimate of drug-likeness (QED) is 0.901. The average Bonchev–Trinajstić information content (AvgIpc) is 2.38. The van der Waals surface area contributed by atoms with Gasteiger partial charge in [0.1, 0.15) is 11.7 Å². The number of hydrogen-bond donors (Lipinski definition) is 2. The van der Waals surface area contributed by atoms with E-state index in [1.54, 1.807) is 18.2 Å². The minimum atomic E-state index is -1.11. The van der Waals surface area contributed by atoms with E-state index < -0.39 is 17.9 Å². The largest absolute Gasteiger partial charge is 0.480 e. The van der Waals surface area contributed by atoms with Crippen LogP contribution in [0.15, 0.2) is 30.3 Å². The van der Waals surface area contributed by atoms with Crippen molar-refractivity contribution < 1.29 is 14.7 Å². The molecule has 0 fully saturated rings. The molecule has 5 nitrogen and oxygen atoms in total. The van der Waals surface area contributed by atoms with E-state index in [4.69, 9.17) is 16.7 Å². The molecule has 0 aliphatic rings. The van der Waals surface area contributed by atoms with E-state index in [2.05, 4.69) is 10.3 Å². The molecule has 1 amide bonds. The number of carbonyl (C=O) groups is 2. The molecule has 6 heteroatoms. The summed E-state index contributed by atoms with van der Waals surface area (Å²) in [4.78, 5) is 26.7. The Bertz CT molecular complexity index is 657. The molecule has 0 aliphatic heterocycles. The number of amides is 1. The third-order valence-corrected chi connectivity index (χ3v) is 2.93. The molecule has 1 atom stereocenters. The number of halogens is 1. The van der Waals surface area contributed by atoms with Crippen LogP contribution in [0.25, 0.3) is 10.9 Å². The monoisotopic (exact) mass is 278 g/mol. The maximum Gasteiger partial charge on any atom is 0.325 e. The molecule has 0 aliphatic carbocycles. The number of nitrogens with zero attached hydrogens (tertiary/aromatic N) is 1. The van der Waals surface area contributed by atoms with Crippen molar-refractivity contribution in [1.29, 1.82) is 0 Å². The number of aromatic nitrogens is 1. The van der Waals surface area contributed by atoms with Gasteiger partial charge in [0, 0.05) is 5.39 Å². The van der Waals surface area contributed by atoms with Crippen LogP contribution in [0, 0.1) is 0 Å². The molecule has 1 aromatic heterocycles. The number of carboxylic acid groups (broad SMARTS) is 1. The smallest absolute Gasteiger partial charge is 0.325 e. The normalized spacial score (nSPS) is 12.1. The van der Waals surface area contributed by atoms with Gasteiger partial charge >= 0.3 is 5.97 Å². The summed E-state index contributed by atoms with van der Waals surface area (Å²) in [6.45, 7) is 1.38. The van der Waals surface area contributed by atoms with Crippen molar-refractivity contribution in [1.82, 2.24) is 10.3 Å². The molecule has 0 saturated carbocycles. The minimum Gasteiger partial charge on any atom is -0.480 e. The van der Waals surface area contributed by atoms with Crippen LogP contribution in [0.3, 0.4) is 0 Å². The van der Waals surface area contributed by atoms with Crippen LogP contribution in [0.5, 0.6) is 0 Å².